The van der Waals surface area contributed by atoms with E-state index >= 15 is 0 Å². The summed E-state index contributed by atoms with van der Waals surface area (Å²) in [6.07, 6.45) is -5.08. The van der Waals surface area contributed by atoms with E-state index in [1.807, 2.05) is 24.3 Å². The minimum Gasteiger partial charge on any atom is -0.310 e. The summed E-state index contributed by atoms with van der Waals surface area (Å²) in [4.78, 5) is 2.75. The summed E-state index contributed by atoms with van der Waals surface area (Å²) >= 11 is 5.64. The minimum absolute atomic E-state index is 0.169. The maximum Gasteiger partial charge on any atom is 0.416 e. The number of benzene rings is 6. The molecule has 0 saturated carbocycles. The van der Waals surface area contributed by atoms with E-state index in [1.165, 1.54) is 50.9 Å². The van der Waals surface area contributed by atoms with Crippen LogP contribution < -0.4 is 10.2 Å². The average molecular weight is 749 g/mol. The summed E-state index contributed by atoms with van der Waals surface area (Å²) in [7, 11) is 0. The molecule has 0 aliphatic heterocycles. The molecule has 0 aliphatic carbocycles. The van der Waals surface area contributed by atoms with Crippen LogP contribution in [0.5, 0.6) is 0 Å². The minimum atomic E-state index is -4.28. The SMILES string of the molecule is C=CCc1cccc(C(F)(F)F)c1.CC(NCCCc1cccc(C(F)(F)F)c1)c1cccc2ccccc12.CC(NCl)c1cccc2ccccc12. The Kier molecular flexibility index (Phi) is 15.1. The zero-order valence-corrected chi connectivity index (χ0v) is 30.4. The van der Waals surface area contributed by atoms with Crippen molar-refractivity contribution in [2.24, 2.45) is 0 Å². The maximum atomic E-state index is 12.8. The van der Waals surface area contributed by atoms with Gasteiger partial charge < -0.3 is 5.32 Å². The van der Waals surface area contributed by atoms with Gasteiger partial charge in [0.25, 0.3) is 0 Å². The Morgan fingerprint density at radius 2 is 1.06 bits per heavy atom. The Morgan fingerprint density at radius 1 is 0.604 bits per heavy atom. The molecule has 0 fully saturated rings. The number of alkyl halides is 6. The molecule has 0 spiro atoms. The van der Waals surface area contributed by atoms with Crippen LogP contribution in [0.3, 0.4) is 0 Å². The van der Waals surface area contributed by atoms with Gasteiger partial charge in [-0.3, -0.25) is 0 Å². The Labute approximate surface area is 312 Å². The number of hydrogen-bond donors (Lipinski definition) is 2. The summed E-state index contributed by atoms with van der Waals surface area (Å²) in [5.74, 6) is 0. The molecule has 2 nitrogen and oxygen atoms in total. The third-order valence-electron chi connectivity index (χ3n) is 8.72. The molecular weight excluding hydrogens is 706 g/mol. The Morgan fingerprint density at radius 3 is 1.57 bits per heavy atom. The highest BCUT2D eigenvalue weighted by molar-refractivity contribution is 6.13. The molecule has 6 rings (SSSR count). The fourth-order valence-electron chi connectivity index (χ4n) is 5.98. The summed E-state index contributed by atoms with van der Waals surface area (Å²) in [6, 6.07) is 40.3. The van der Waals surface area contributed by atoms with Gasteiger partial charge >= 0.3 is 12.4 Å². The Hall–Kier alpha value is -4.63. The lowest BCUT2D eigenvalue weighted by atomic mass is 9.99. The standard InChI is InChI=1S/C22H22F3N.C12H12ClN.C10H9F3/c1-16(20-13-5-10-18-9-2-3-12-21(18)20)26-14-6-8-17-7-4-11-19(15-17)22(23,24)25;1-9(14-13)11-8-4-6-10-5-2-3-7-12(10)11;1-2-4-8-5-3-6-9(7-8)10(11,12)13/h2-5,7,9-13,15-16,26H,6,8,14H2,1H3;2-9,14H,1H3;2-3,5-7H,1,4H2. The van der Waals surface area contributed by atoms with Gasteiger partial charge in [0.1, 0.15) is 0 Å². The van der Waals surface area contributed by atoms with Crippen molar-refractivity contribution in [2.75, 3.05) is 6.54 Å². The van der Waals surface area contributed by atoms with Gasteiger partial charge in [-0.2, -0.15) is 26.3 Å². The number of halogens is 7. The number of allylic oxidation sites excluding steroid dienone is 1. The van der Waals surface area contributed by atoms with Gasteiger partial charge in [0, 0.05) is 12.1 Å². The molecule has 2 unspecified atom stereocenters. The van der Waals surface area contributed by atoms with Gasteiger partial charge in [-0.1, -0.05) is 127 Å². The molecule has 0 aromatic heterocycles. The Balaban J connectivity index is 0.000000196. The van der Waals surface area contributed by atoms with Crippen molar-refractivity contribution in [3.05, 3.63) is 179 Å². The lowest BCUT2D eigenvalue weighted by Crippen LogP contribution is -2.20. The molecule has 2 N–H and O–H groups in total. The zero-order chi connectivity index (χ0) is 38.4. The largest absolute Gasteiger partial charge is 0.416 e. The monoisotopic (exact) mass is 748 g/mol. The van der Waals surface area contributed by atoms with Gasteiger partial charge in [-0.05, 0) is 107 Å². The van der Waals surface area contributed by atoms with Crippen molar-refractivity contribution >= 4 is 33.3 Å². The maximum absolute atomic E-state index is 12.8. The summed E-state index contributed by atoms with van der Waals surface area (Å²) in [5.41, 5.74) is 2.64. The second kappa shape index (κ2) is 19.4. The van der Waals surface area contributed by atoms with Crippen LogP contribution in [-0.4, -0.2) is 6.54 Å². The van der Waals surface area contributed by atoms with E-state index < -0.39 is 23.5 Å². The highest BCUT2D eigenvalue weighted by Gasteiger charge is 2.31. The second-order valence-electron chi connectivity index (χ2n) is 12.6. The van der Waals surface area contributed by atoms with E-state index in [4.69, 9.17) is 11.8 Å². The first-order valence-electron chi connectivity index (χ1n) is 17.3. The van der Waals surface area contributed by atoms with Gasteiger partial charge in [-0.25, -0.2) is 4.84 Å². The average Bonchev–Trinajstić information content (AvgIpc) is 3.16. The van der Waals surface area contributed by atoms with Gasteiger partial charge in [0.2, 0.25) is 0 Å². The number of nitrogens with one attached hydrogen (secondary N) is 2. The fourth-order valence-corrected chi connectivity index (χ4v) is 6.10. The summed E-state index contributed by atoms with van der Waals surface area (Å²) in [6.45, 7) is 8.38. The highest BCUT2D eigenvalue weighted by Crippen LogP contribution is 2.31. The van der Waals surface area contributed by atoms with Crippen LogP contribution in [0.2, 0.25) is 0 Å². The van der Waals surface area contributed by atoms with Gasteiger partial charge in [-0.15, -0.1) is 6.58 Å². The van der Waals surface area contributed by atoms with Crippen molar-refractivity contribution in [1.29, 1.82) is 0 Å². The van der Waals surface area contributed by atoms with E-state index in [2.05, 4.69) is 91.2 Å². The molecule has 0 aliphatic rings. The second-order valence-corrected chi connectivity index (χ2v) is 12.9. The van der Waals surface area contributed by atoms with Crippen molar-refractivity contribution in [3.63, 3.8) is 0 Å². The van der Waals surface area contributed by atoms with Crippen LogP contribution in [0.4, 0.5) is 26.3 Å². The molecule has 6 aromatic carbocycles. The van der Waals surface area contributed by atoms with Crippen LogP contribution in [0.15, 0.2) is 146 Å². The number of fused-ring (bicyclic) bond motifs is 2. The first-order chi connectivity index (χ1) is 25.3. The predicted molar refractivity (Wildman–Crippen MR) is 207 cm³/mol. The lowest BCUT2D eigenvalue weighted by molar-refractivity contribution is -0.138. The number of rotatable bonds is 10. The quantitative estimate of drug-likeness (QED) is 0.0631. The smallest absolute Gasteiger partial charge is 0.310 e. The molecule has 9 heteroatoms. The highest BCUT2D eigenvalue weighted by atomic mass is 35.5. The van der Waals surface area contributed by atoms with Crippen LogP contribution in [0.25, 0.3) is 21.5 Å². The fraction of sp³-hybridized carbons (Fsp3) is 0.227. The third kappa shape index (κ3) is 12.2. The van der Waals surface area contributed by atoms with Crippen LogP contribution in [-0.2, 0) is 25.2 Å². The van der Waals surface area contributed by atoms with E-state index in [1.54, 1.807) is 18.2 Å². The zero-order valence-electron chi connectivity index (χ0n) is 29.6. The molecule has 0 bridgehead atoms. The summed E-state index contributed by atoms with van der Waals surface area (Å²) in [5, 5.41) is 8.44. The van der Waals surface area contributed by atoms with E-state index in [-0.39, 0.29) is 12.1 Å². The van der Waals surface area contributed by atoms with Crippen LogP contribution >= 0.6 is 11.8 Å². The van der Waals surface area contributed by atoms with Crippen molar-refractivity contribution in [3.8, 4) is 0 Å². The summed E-state index contributed by atoms with van der Waals surface area (Å²) < 4.78 is 74.8. The first kappa shape index (κ1) is 41.1. The lowest BCUT2D eigenvalue weighted by Gasteiger charge is -2.17. The molecule has 0 heterocycles. The molecule has 0 amide bonds. The number of aryl methyl sites for hydroxylation is 1. The van der Waals surface area contributed by atoms with Gasteiger partial charge in [0.05, 0.1) is 11.1 Å². The molecule has 0 saturated heterocycles. The van der Waals surface area contributed by atoms with Crippen molar-refractivity contribution < 1.29 is 26.3 Å². The molecule has 2 atom stereocenters. The molecule has 278 valence electrons. The van der Waals surface area contributed by atoms with Crippen molar-refractivity contribution in [1.82, 2.24) is 10.2 Å². The van der Waals surface area contributed by atoms with E-state index in [9.17, 15) is 26.3 Å². The predicted octanol–water partition coefficient (Wildman–Crippen LogP) is 13.2. The van der Waals surface area contributed by atoms with Crippen molar-refractivity contribution in [2.45, 2.75) is 57.5 Å². The third-order valence-corrected chi connectivity index (χ3v) is 9.05. The van der Waals surface area contributed by atoms with Gasteiger partial charge in [0.15, 0.2) is 0 Å². The Bertz CT molecular complexity index is 2050. The first-order valence-corrected chi connectivity index (χ1v) is 17.7. The van der Waals surface area contributed by atoms with Crippen LogP contribution in [0, 0.1) is 0 Å². The molecular formula is C44H43ClF6N2. The van der Waals surface area contributed by atoms with E-state index in [0.717, 1.165) is 36.7 Å². The normalized spacial score (nSPS) is 12.6. The van der Waals surface area contributed by atoms with E-state index in [0.29, 0.717) is 18.4 Å². The topological polar surface area (TPSA) is 24.1 Å². The molecule has 53 heavy (non-hydrogen) atoms. The number of hydrogen-bond acceptors (Lipinski definition) is 2. The van der Waals surface area contributed by atoms with Crippen LogP contribution in [0.1, 0.15) is 65.7 Å². The molecule has 0 radical (unpaired) electrons. The molecule has 6 aromatic rings.